The van der Waals surface area contributed by atoms with Gasteiger partial charge >= 0.3 is 0 Å². The minimum Gasteiger partial charge on any atom is -0.484 e. The van der Waals surface area contributed by atoms with E-state index < -0.39 is 5.82 Å². The summed E-state index contributed by atoms with van der Waals surface area (Å²) in [6.45, 7) is 2.55. The van der Waals surface area contributed by atoms with Crippen LogP contribution in [-0.2, 0) is 11.4 Å². The zero-order valence-corrected chi connectivity index (χ0v) is 15.5. The highest BCUT2D eigenvalue weighted by Crippen LogP contribution is 2.32. The second kappa shape index (κ2) is 7.59. The molecule has 1 amide bonds. The van der Waals surface area contributed by atoms with Gasteiger partial charge in [-0.05, 0) is 37.3 Å². The van der Waals surface area contributed by atoms with Gasteiger partial charge in [0.25, 0.3) is 5.91 Å². The molecule has 1 fully saturated rings. The Morgan fingerprint density at radius 2 is 2.20 bits per heavy atom. The first-order valence-electron chi connectivity index (χ1n) is 7.40. The Kier molecular flexibility index (Phi) is 5.46. The number of likely N-dealkylation sites (N-methyl/N-ethyl adjacent to an activating group) is 1. The van der Waals surface area contributed by atoms with E-state index in [0.29, 0.717) is 33.0 Å². The Balaban J connectivity index is 1.68. The van der Waals surface area contributed by atoms with Crippen molar-refractivity contribution in [1.29, 1.82) is 0 Å². The molecule has 0 bridgehead atoms. The van der Waals surface area contributed by atoms with Crippen molar-refractivity contribution in [2.75, 3.05) is 6.54 Å². The van der Waals surface area contributed by atoms with Crippen LogP contribution in [0.25, 0.3) is 6.08 Å². The van der Waals surface area contributed by atoms with Gasteiger partial charge in [-0.3, -0.25) is 9.69 Å². The van der Waals surface area contributed by atoms with Crippen LogP contribution >= 0.6 is 35.6 Å². The smallest absolute Gasteiger partial charge is 0.266 e. The van der Waals surface area contributed by atoms with Crippen LogP contribution in [0.5, 0.6) is 5.75 Å². The number of carbonyl (C=O) groups is 1. The monoisotopic (exact) mass is 397 g/mol. The third-order valence-corrected chi connectivity index (χ3v) is 5.08. The van der Waals surface area contributed by atoms with Crippen LogP contribution in [0.2, 0.25) is 5.02 Å². The van der Waals surface area contributed by atoms with Gasteiger partial charge in [-0.25, -0.2) is 4.39 Å². The predicted molar refractivity (Wildman–Crippen MR) is 100 cm³/mol. The number of rotatable bonds is 5. The third-order valence-electron chi connectivity index (χ3n) is 3.41. The van der Waals surface area contributed by atoms with E-state index in [-0.39, 0.29) is 17.5 Å². The van der Waals surface area contributed by atoms with Crippen molar-refractivity contribution < 1.29 is 18.3 Å². The minimum atomic E-state index is -0.429. The van der Waals surface area contributed by atoms with Gasteiger partial charge in [-0.2, -0.15) is 0 Å². The number of nitrogens with zero attached hydrogens (tertiary/aromatic N) is 1. The molecule has 1 aromatic heterocycles. The van der Waals surface area contributed by atoms with Crippen LogP contribution in [0.3, 0.4) is 0 Å². The van der Waals surface area contributed by atoms with Gasteiger partial charge in [-0.1, -0.05) is 35.6 Å². The molecule has 130 valence electrons. The molecule has 2 aromatic rings. The number of thiocarbonyl (C=S) groups is 1. The zero-order valence-electron chi connectivity index (χ0n) is 13.1. The lowest BCUT2D eigenvalue weighted by Gasteiger charge is -2.09. The third kappa shape index (κ3) is 4.05. The summed E-state index contributed by atoms with van der Waals surface area (Å²) in [5, 5.41) is 0.190. The fraction of sp³-hybridized carbons (Fsp3) is 0.176. The molecule has 0 N–H and O–H groups in total. The Morgan fingerprint density at radius 3 is 2.88 bits per heavy atom. The van der Waals surface area contributed by atoms with E-state index in [4.69, 9.17) is 33.0 Å². The molecule has 8 heteroatoms. The molecular weight excluding hydrogens is 385 g/mol. The second-order valence-corrected chi connectivity index (χ2v) is 7.18. The van der Waals surface area contributed by atoms with Crippen LogP contribution in [0.4, 0.5) is 4.39 Å². The number of ether oxygens (including phenoxy) is 1. The van der Waals surface area contributed by atoms with Crippen molar-refractivity contribution in [1.82, 2.24) is 4.90 Å². The van der Waals surface area contributed by atoms with Gasteiger partial charge in [0.15, 0.2) is 0 Å². The summed E-state index contributed by atoms with van der Waals surface area (Å²) in [5.41, 5.74) is 0. The molecule has 3 rings (SSSR count). The van der Waals surface area contributed by atoms with Crippen LogP contribution in [0.15, 0.2) is 39.7 Å². The molecule has 0 saturated carbocycles. The van der Waals surface area contributed by atoms with E-state index in [1.54, 1.807) is 18.2 Å². The molecule has 2 heterocycles. The first-order chi connectivity index (χ1) is 12.0. The summed E-state index contributed by atoms with van der Waals surface area (Å²) in [6.07, 6.45) is 1.66. The lowest BCUT2D eigenvalue weighted by Crippen LogP contribution is -2.27. The van der Waals surface area contributed by atoms with Gasteiger partial charge in [0.2, 0.25) is 0 Å². The number of thioether (sulfide) groups is 1. The van der Waals surface area contributed by atoms with Crippen molar-refractivity contribution in [3.63, 3.8) is 0 Å². The molecule has 1 aliphatic heterocycles. The maximum atomic E-state index is 13.0. The van der Waals surface area contributed by atoms with E-state index in [0.717, 1.165) is 0 Å². The number of hydrogen-bond acceptors (Lipinski definition) is 5. The van der Waals surface area contributed by atoms with Crippen molar-refractivity contribution in [3.05, 3.63) is 57.6 Å². The Labute approximate surface area is 158 Å². The molecule has 0 unspecified atom stereocenters. The zero-order chi connectivity index (χ0) is 18.0. The Bertz CT molecular complexity index is 865. The van der Waals surface area contributed by atoms with Gasteiger partial charge in [-0.15, -0.1) is 0 Å². The van der Waals surface area contributed by atoms with E-state index in [1.165, 1.54) is 34.9 Å². The van der Waals surface area contributed by atoms with Crippen LogP contribution in [0.1, 0.15) is 18.4 Å². The van der Waals surface area contributed by atoms with E-state index in [1.807, 2.05) is 6.92 Å². The largest absolute Gasteiger partial charge is 0.484 e. The maximum Gasteiger partial charge on any atom is 0.266 e. The van der Waals surface area contributed by atoms with Crippen molar-refractivity contribution >= 4 is 51.9 Å². The number of hydrogen-bond donors (Lipinski definition) is 0. The predicted octanol–water partition coefficient (Wildman–Crippen LogP) is 4.87. The lowest BCUT2D eigenvalue weighted by atomic mass is 10.3. The normalized spacial score (nSPS) is 16.1. The molecule has 0 radical (unpaired) electrons. The Hall–Kier alpha value is -1.83. The molecule has 1 aromatic carbocycles. The highest BCUT2D eigenvalue weighted by Gasteiger charge is 2.30. The SMILES string of the molecule is CCN1C(=O)C(=Cc2ccc(COc3ccc(F)cc3Cl)o2)SC1=S. The maximum absolute atomic E-state index is 13.0. The summed E-state index contributed by atoms with van der Waals surface area (Å²) in [4.78, 5) is 14.2. The average molecular weight is 398 g/mol. The molecule has 0 atom stereocenters. The fourth-order valence-electron chi connectivity index (χ4n) is 2.19. The molecule has 4 nitrogen and oxygen atoms in total. The molecule has 1 saturated heterocycles. The van der Waals surface area contributed by atoms with Crippen molar-refractivity contribution in [2.45, 2.75) is 13.5 Å². The van der Waals surface area contributed by atoms with Crippen LogP contribution < -0.4 is 4.74 Å². The summed E-state index contributed by atoms with van der Waals surface area (Å²) in [5.74, 6) is 0.898. The Morgan fingerprint density at radius 1 is 1.40 bits per heavy atom. The summed E-state index contributed by atoms with van der Waals surface area (Å²) < 4.78 is 24.7. The lowest BCUT2D eigenvalue weighted by molar-refractivity contribution is -0.121. The van der Waals surface area contributed by atoms with Crippen molar-refractivity contribution in [3.8, 4) is 5.75 Å². The fourth-order valence-corrected chi connectivity index (χ4v) is 3.78. The second-order valence-electron chi connectivity index (χ2n) is 5.09. The average Bonchev–Trinajstić information content (AvgIpc) is 3.11. The molecule has 1 aliphatic rings. The summed E-state index contributed by atoms with van der Waals surface area (Å²) in [6, 6.07) is 7.38. The van der Waals surface area contributed by atoms with Gasteiger partial charge in [0.1, 0.15) is 34.0 Å². The highest BCUT2D eigenvalue weighted by atomic mass is 35.5. The van der Waals surface area contributed by atoms with Gasteiger partial charge < -0.3 is 9.15 Å². The quantitative estimate of drug-likeness (QED) is 0.531. The molecule has 25 heavy (non-hydrogen) atoms. The van der Waals surface area contributed by atoms with Gasteiger partial charge in [0.05, 0.1) is 9.93 Å². The van der Waals surface area contributed by atoms with E-state index in [2.05, 4.69) is 0 Å². The molecule has 0 aliphatic carbocycles. The number of benzene rings is 1. The number of carbonyl (C=O) groups excluding carboxylic acids is 1. The van der Waals surface area contributed by atoms with Crippen LogP contribution in [-0.4, -0.2) is 21.7 Å². The topological polar surface area (TPSA) is 42.7 Å². The van der Waals surface area contributed by atoms with Crippen LogP contribution in [0, 0.1) is 5.82 Å². The van der Waals surface area contributed by atoms with E-state index in [9.17, 15) is 9.18 Å². The molecular formula is C17H13ClFNO3S2. The van der Waals surface area contributed by atoms with Gasteiger partial charge in [0, 0.05) is 12.6 Å². The van der Waals surface area contributed by atoms with Crippen molar-refractivity contribution in [2.24, 2.45) is 0 Å². The number of amides is 1. The highest BCUT2D eigenvalue weighted by molar-refractivity contribution is 8.26. The summed E-state index contributed by atoms with van der Waals surface area (Å²) in [7, 11) is 0. The molecule has 0 spiro atoms. The minimum absolute atomic E-state index is 0.121. The first-order valence-corrected chi connectivity index (χ1v) is 9.00. The summed E-state index contributed by atoms with van der Waals surface area (Å²) >= 11 is 12.3. The standard InChI is InChI=1S/C17H13ClFNO3S2/c1-2-20-16(21)15(25-17(20)24)8-11-4-5-12(23-11)9-22-14-6-3-10(19)7-13(14)18/h3-8H,2,9H2,1H3. The number of furan rings is 1. The number of halogens is 2. The first kappa shape index (κ1) is 18.0. The van der Waals surface area contributed by atoms with E-state index >= 15 is 0 Å².